The van der Waals surface area contributed by atoms with Crippen molar-refractivity contribution in [3.05, 3.63) is 34.4 Å². The van der Waals surface area contributed by atoms with E-state index in [1.807, 2.05) is 31.2 Å². The normalized spacial score (nSPS) is 32.0. The minimum Gasteiger partial charge on any atom is -0.390 e. The molecule has 1 aromatic carbocycles. The summed E-state index contributed by atoms with van der Waals surface area (Å²) in [5, 5.41) is 26.1. The third-order valence-corrected chi connectivity index (χ3v) is 7.65. The lowest BCUT2D eigenvalue weighted by atomic mass is 9.52. The van der Waals surface area contributed by atoms with Crippen LogP contribution < -0.4 is 10.6 Å². The standard InChI is InChI=1S/C22H25BrN6O/c1-11-4-18(29-28-11)25-20-16-3-2-15(23)7-17(16)24-21(27-20)26-19-13-5-12-6-14(19)10-22(30,8-12)9-13/h2-4,7,12-14,19,30H,5-6,8-10H2,1H3,(H3,24,25,26,27,28,29). The maximum atomic E-state index is 10.9. The van der Waals surface area contributed by atoms with Crippen molar-refractivity contribution in [3.63, 3.8) is 0 Å². The van der Waals surface area contributed by atoms with Crippen molar-refractivity contribution in [3.8, 4) is 0 Å². The van der Waals surface area contributed by atoms with Crippen LogP contribution in [0.2, 0.25) is 0 Å². The smallest absolute Gasteiger partial charge is 0.225 e. The zero-order chi connectivity index (χ0) is 20.5. The third-order valence-electron chi connectivity index (χ3n) is 7.15. The molecule has 4 bridgehead atoms. The molecule has 4 aliphatic carbocycles. The molecule has 4 saturated carbocycles. The molecule has 4 fully saturated rings. The van der Waals surface area contributed by atoms with Crippen molar-refractivity contribution >= 4 is 44.4 Å². The Labute approximate surface area is 183 Å². The van der Waals surface area contributed by atoms with Crippen LogP contribution in [0.25, 0.3) is 10.9 Å². The Hall–Kier alpha value is -2.19. The molecule has 7 rings (SSSR count). The van der Waals surface area contributed by atoms with Gasteiger partial charge in [0.1, 0.15) is 11.6 Å². The van der Waals surface area contributed by atoms with Crippen LogP contribution in [0, 0.1) is 24.7 Å². The molecule has 7 nitrogen and oxygen atoms in total. The molecule has 2 heterocycles. The van der Waals surface area contributed by atoms with E-state index in [2.05, 4.69) is 36.8 Å². The lowest BCUT2D eigenvalue weighted by Crippen LogP contribution is -2.59. The van der Waals surface area contributed by atoms with Gasteiger partial charge in [0, 0.05) is 22.0 Å². The number of rotatable bonds is 4. The third kappa shape index (κ3) is 3.17. The minimum absolute atomic E-state index is 0.327. The number of fused-ring (bicyclic) bond motifs is 1. The van der Waals surface area contributed by atoms with Crippen LogP contribution in [0.15, 0.2) is 28.7 Å². The van der Waals surface area contributed by atoms with Crippen molar-refractivity contribution in [2.75, 3.05) is 10.6 Å². The summed E-state index contributed by atoms with van der Waals surface area (Å²) in [4.78, 5) is 9.68. The second-order valence-electron chi connectivity index (χ2n) is 9.47. The Morgan fingerprint density at radius 3 is 2.63 bits per heavy atom. The van der Waals surface area contributed by atoms with E-state index < -0.39 is 5.60 Å². The van der Waals surface area contributed by atoms with Crippen LogP contribution in [-0.4, -0.2) is 36.9 Å². The SMILES string of the molecule is Cc1cc(Nc2nc(NC3C4CC5CC3CC(O)(C5)C4)nc3cc(Br)ccc23)[nH]n1. The van der Waals surface area contributed by atoms with Crippen LogP contribution in [0.5, 0.6) is 0 Å². The fraction of sp³-hybridized carbons (Fsp3) is 0.500. The highest BCUT2D eigenvalue weighted by atomic mass is 79.9. The highest BCUT2D eigenvalue weighted by Gasteiger charge is 2.54. The van der Waals surface area contributed by atoms with Crippen molar-refractivity contribution in [1.82, 2.24) is 20.2 Å². The van der Waals surface area contributed by atoms with E-state index in [4.69, 9.17) is 9.97 Å². The lowest BCUT2D eigenvalue weighted by molar-refractivity contribution is -0.129. The summed E-state index contributed by atoms with van der Waals surface area (Å²) in [5.74, 6) is 3.87. The summed E-state index contributed by atoms with van der Waals surface area (Å²) in [6.07, 6.45) is 5.19. The van der Waals surface area contributed by atoms with Gasteiger partial charge in [-0.2, -0.15) is 10.1 Å². The van der Waals surface area contributed by atoms with E-state index in [-0.39, 0.29) is 0 Å². The predicted octanol–water partition coefficient (Wildman–Crippen LogP) is 4.52. The maximum Gasteiger partial charge on any atom is 0.225 e. The predicted molar refractivity (Wildman–Crippen MR) is 120 cm³/mol. The number of hydrogen-bond acceptors (Lipinski definition) is 6. The summed E-state index contributed by atoms with van der Waals surface area (Å²) in [6, 6.07) is 8.32. The Morgan fingerprint density at radius 1 is 1.13 bits per heavy atom. The number of halogens is 1. The Morgan fingerprint density at radius 2 is 1.93 bits per heavy atom. The van der Waals surface area contributed by atoms with Crippen molar-refractivity contribution in [1.29, 1.82) is 0 Å². The fourth-order valence-corrected chi connectivity index (χ4v) is 6.59. The monoisotopic (exact) mass is 468 g/mol. The van der Waals surface area contributed by atoms with Gasteiger partial charge in [-0.1, -0.05) is 15.9 Å². The van der Waals surface area contributed by atoms with Gasteiger partial charge in [-0.25, -0.2) is 4.98 Å². The van der Waals surface area contributed by atoms with E-state index in [1.165, 1.54) is 12.8 Å². The molecule has 4 aliphatic rings. The number of nitrogens with one attached hydrogen (secondary N) is 3. The quantitative estimate of drug-likeness (QED) is 0.449. The Balaban J connectivity index is 1.35. The number of aryl methyl sites for hydroxylation is 1. The second kappa shape index (κ2) is 6.65. The molecule has 0 radical (unpaired) electrons. The van der Waals surface area contributed by atoms with Gasteiger partial charge in [0.25, 0.3) is 0 Å². The molecular weight excluding hydrogens is 444 g/mol. The molecule has 2 atom stereocenters. The van der Waals surface area contributed by atoms with Gasteiger partial charge in [0.15, 0.2) is 0 Å². The number of aromatic amines is 1. The van der Waals surface area contributed by atoms with Crippen molar-refractivity contribution < 1.29 is 5.11 Å². The van der Waals surface area contributed by atoms with E-state index >= 15 is 0 Å². The van der Waals surface area contributed by atoms with E-state index in [0.717, 1.165) is 52.0 Å². The number of nitrogens with zero attached hydrogens (tertiary/aromatic N) is 3. The molecule has 3 aromatic rings. The van der Waals surface area contributed by atoms with Gasteiger partial charge in [0.2, 0.25) is 5.95 Å². The first-order valence-corrected chi connectivity index (χ1v) is 11.5. The molecule has 2 aromatic heterocycles. The molecule has 30 heavy (non-hydrogen) atoms. The van der Waals surface area contributed by atoms with Crippen LogP contribution in [0.3, 0.4) is 0 Å². The number of anilines is 3. The van der Waals surface area contributed by atoms with Crippen molar-refractivity contribution in [2.24, 2.45) is 17.8 Å². The van der Waals surface area contributed by atoms with Gasteiger partial charge >= 0.3 is 0 Å². The van der Waals surface area contributed by atoms with Crippen LogP contribution in [0.4, 0.5) is 17.6 Å². The molecular formula is C22H25BrN6O. The van der Waals surface area contributed by atoms with Gasteiger partial charge in [0.05, 0.1) is 16.8 Å². The molecule has 4 N–H and O–H groups in total. The molecule has 0 aliphatic heterocycles. The Bertz CT molecular complexity index is 1110. The number of aromatic nitrogens is 4. The summed E-state index contributed by atoms with van der Waals surface area (Å²) in [6.45, 7) is 1.95. The van der Waals surface area contributed by atoms with Gasteiger partial charge in [-0.15, -0.1) is 0 Å². The van der Waals surface area contributed by atoms with Gasteiger partial charge in [-0.05, 0) is 75.0 Å². The van der Waals surface area contributed by atoms with Gasteiger partial charge < -0.3 is 15.7 Å². The summed E-state index contributed by atoms with van der Waals surface area (Å²) < 4.78 is 0.986. The molecule has 0 amide bonds. The molecule has 2 unspecified atom stereocenters. The summed E-state index contributed by atoms with van der Waals surface area (Å²) in [7, 11) is 0. The van der Waals surface area contributed by atoms with E-state index in [0.29, 0.717) is 29.7 Å². The van der Waals surface area contributed by atoms with Gasteiger partial charge in [-0.3, -0.25) is 5.10 Å². The summed E-state index contributed by atoms with van der Waals surface area (Å²) in [5.41, 5.74) is 1.36. The largest absolute Gasteiger partial charge is 0.390 e. The van der Waals surface area contributed by atoms with E-state index in [1.54, 1.807) is 0 Å². The maximum absolute atomic E-state index is 10.9. The summed E-state index contributed by atoms with van der Waals surface area (Å²) >= 11 is 3.56. The van der Waals surface area contributed by atoms with Crippen LogP contribution in [-0.2, 0) is 0 Å². The molecule has 8 heteroatoms. The number of H-pyrrole nitrogens is 1. The average Bonchev–Trinajstić information content (AvgIpc) is 3.08. The molecule has 0 spiro atoms. The zero-order valence-corrected chi connectivity index (χ0v) is 18.4. The number of aliphatic hydroxyl groups is 1. The van der Waals surface area contributed by atoms with Crippen LogP contribution in [0.1, 0.15) is 37.8 Å². The first kappa shape index (κ1) is 18.6. The van der Waals surface area contributed by atoms with Crippen molar-refractivity contribution in [2.45, 2.75) is 50.7 Å². The lowest BCUT2D eigenvalue weighted by Gasteiger charge is -2.58. The topological polar surface area (TPSA) is 98.8 Å². The molecule has 156 valence electrons. The average molecular weight is 469 g/mol. The van der Waals surface area contributed by atoms with E-state index in [9.17, 15) is 5.11 Å². The number of hydrogen-bond donors (Lipinski definition) is 4. The zero-order valence-electron chi connectivity index (χ0n) is 16.8. The highest BCUT2D eigenvalue weighted by Crippen LogP contribution is 2.56. The molecule has 0 saturated heterocycles. The highest BCUT2D eigenvalue weighted by molar-refractivity contribution is 9.10. The first-order valence-electron chi connectivity index (χ1n) is 10.7. The number of benzene rings is 1. The first-order chi connectivity index (χ1) is 14.4. The minimum atomic E-state index is -0.436. The second-order valence-corrected chi connectivity index (χ2v) is 10.4. The van der Waals surface area contributed by atoms with Crippen LogP contribution >= 0.6 is 15.9 Å². The fourth-order valence-electron chi connectivity index (χ4n) is 6.24. The Kier molecular flexibility index (Phi) is 4.12.